The first-order valence-electron chi connectivity index (χ1n) is 10.6. The molecule has 11 heteroatoms. The molecular weight excluding hydrogens is 470 g/mol. The number of anilines is 1. The van der Waals surface area contributed by atoms with Gasteiger partial charge in [0.1, 0.15) is 11.6 Å². The van der Waals surface area contributed by atoms with E-state index in [1.54, 1.807) is 36.4 Å². The van der Waals surface area contributed by atoms with E-state index in [4.69, 9.17) is 11.5 Å². The van der Waals surface area contributed by atoms with Crippen molar-refractivity contribution in [2.45, 2.75) is 6.54 Å². The van der Waals surface area contributed by atoms with Gasteiger partial charge in [0.05, 0.1) is 23.1 Å². The Morgan fingerprint density at radius 1 is 0.889 bits per heavy atom. The minimum atomic E-state index is -0.876. The summed E-state index contributed by atoms with van der Waals surface area (Å²) < 4.78 is 29.8. The number of rotatable bonds is 7. The van der Waals surface area contributed by atoms with Crippen LogP contribution in [0.25, 0.3) is 16.8 Å². The summed E-state index contributed by atoms with van der Waals surface area (Å²) in [6.45, 7) is -0.0737. The van der Waals surface area contributed by atoms with Crippen LogP contribution in [0, 0.1) is 11.6 Å². The van der Waals surface area contributed by atoms with Gasteiger partial charge in [-0.3, -0.25) is 9.59 Å². The second-order valence-electron chi connectivity index (χ2n) is 7.71. The van der Waals surface area contributed by atoms with Crippen LogP contribution in [0.5, 0.6) is 0 Å². The van der Waals surface area contributed by atoms with Gasteiger partial charge >= 0.3 is 6.03 Å². The van der Waals surface area contributed by atoms with Crippen LogP contribution in [0.1, 0.15) is 26.4 Å². The van der Waals surface area contributed by atoms with Crippen LogP contribution in [0.4, 0.5) is 19.3 Å². The lowest BCUT2D eigenvalue weighted by Crippen LogP contribution is -2.24. The first kappa shape index (κ1) is 24.1. The Morgan fingerprint density at radius 3 is 2.22 bits per heavy atom. The Labute approximate surface area is 203 Å². The van der Waals surface area contributed by atoms with Crippen molar-refractivity contribution in [2.75, 3.05) is 5.32 Å². The Hall–Kier alpha value is -5.06. The highest BCUT2D eigenvalue weighted by Crippen LogP contribution is 2.24. The van der Waals surface area contributed by atoms with Gasteiger partial charge in [0.2, 0.25) is 0 Å². The SMILES string of the molecule is NC(=O)Nc1cn(-c2ccc(-c3ccc(C(=O)NCc4ccccc4F)c(F)c3)cc2)nc1C(N)=O. The van der Waals surface area contributed by atoms with Crippen LogP contribution in [0.3, 0.4) is 0 Å². The van der Waals surface area contributed by atoms with Crippen molar-refractivity contribution in [3.63, 3.8) is 0 Å². The normalized spacial score (nSPS) is 10.6. The van der Waals surface area contributed by atoms with Crippen molar-refractivity contribution in [3.05, 3.63) is 101 Å². The molecule has 0 aliphatic rings. The molecule has 0 spiro atoms. The molecule has 0 saturated heterocycles. The summed E-state index contributed by atoms with van der Waals surface area (Å²) in [4.78, 5) is 35.1. The molecule has 6 N–H and O–H groups in total. The summed E-state index contributed by atoms with van der Waals surface area (Å²) >= 11 is 0. The summed E-state index contributed by atoms with van der Waals surface area (Å²) in [6, 6.07) is 16.0. The molecule has 9 nitrogen and oxygen atoms in total. The molecule has 182 valence electrons. The number of hydrogen-bond acceptors (Lipinski definition) is 4. The fraction of sp³-hybridized carbons (Fsp3) is 0.0400. The Bertz CT molecular complexity index is 1470. The van der Waals surface area contributed by atoms with Gasteiger partial charge in [-0.25, -0.2) is 18.3 Å². The largest absolute Gasteiger partial charge is 0.364 e. The van der Waals surface area contributed by atoms with Gasteiger partial charge in [0, 0.05) is 12.1 Å². The lowest BCUT2D eigenvalue weighted by Gasteiger charge is -2.09. The number of hydrogen-bond donors (Lipinski definition) is 4. The summed E-state index contributed by atoms with van der Waals surface area (Å²) in [5, 5.41) is 8.87. The van der Waals surface area contributed by atoms with E-state index >= 15 is 0 Å². The summed E-state index contributed by atoms with van der Waals surface area (Å²) in [6.07, 6.45) is 1.38. The number of urea groups is 1. The molecule has 0 unspecified atom stereocenters. The number of amides is 4. The Balaban J connectivity index is 1.50. The lowest BCUT2D eigenvalue weighted by molar-refractivity contribution is 0.0945. The highest BCUT2D eigenvalue weighted by molar-refractivity contribution is 6.00. The van der Waals surface area contributed by atoms with Crippen molar-refractivity contribution in [1.82, 2.24) is 15.1 Å². The number of benzene rings is 3. The molecule has 0 atom stereocenters. The average Bonchev–Trinajstić information content (AvgIpc) is 3.27. The van der Waals surface area contributed by atoms with Gasteiger partial charge < -0.3 is 22.1 Å². The highest BCUT2D eigenvalue weighted by atomic mass is 19.1. The molecule has 36 heavy (non-hydrogen) atoms. The van der Waals surface area contributed by atoms with E-state index in [0.29, 0.717) is 22.4 Å². The molecular formula is C25H20F2N6O3. The van der Waals surface area contributed by atoms with Crippen LogP contribution in [0.2, 0.25) is 0 Å². The lowest BCUT2D eigenvalue weighted by atomic mass is 10.0. The predicted molar refractivity (Wildman–Crippen MR) is 128 cm³/mol. The van der Waals surface area contributed by atoms with Gasteiger partial charge in [0.25, 0.3) is 11.8 Å². The zero-order chi connectivity index (χ0) is 25.8. The number of nitrogens with one attached hydrogen (secondary N) is 2. The third-order valence-corrected chi connectivity index (χ3v) is 5.28. The van der Waals surface area contributed by atoms with Crippen LogP contribution in [-0.2, 0) is 6.54 Å². The van der Waals surface area contributed by atoms with Gasteiger partial charge in [-0.15, -0.1) is 0 Å². The van der Waals surface area contributed by atoms with E-state index < -0.39 is 29.5 Å². The van der Waals surface area contributed by atoms with Crippen molar-refractivity contribution in [1.29, 1.82) is 0 Å². The van der Waals surface area contributed by atoms with E-state index in [-0.39, 0.29) is 23.5 Å². The number of halogens is 2. The van der Waals surface area contributed by atoms with Gasteiger partial charge in [-0.1, -0.05) is 36.4 Å². The van der Waals surface area contributed by atoms with Crippen molar-refractivity contribution >= 4 is 23.5 Å². The fourth-order valence-electron chi connectivity index (χ4n) is 3.51. The molecule has 0 aliphatic heterocycles. The molecule has 0 bridgehead atoms. The molecule has 4 amide bonds. The smallest absolute Gasteiger partial charge is 0.316 e. The standard InChI is InChI=1S/C25H20F2N6O3/c26-19-4-2-1-3-16(19)12-30-24(35)18-10-7-15(11-20(18)27)14-5-8-17(9-6-14)33-13-21(31-25(29)36)22(32-33)23(28)34/h1-11,13H,12H2,(H2,28,34)(H,30,35)(H3,29,31,36). The summed E-state index contributed by atoms with van der Waals surface area (Å²) in [7, 11) is 0. The first-order valence-corrected chi connectivity index (χ1v) is 10.6. The highest BCUT2D eigenvalue weighted by Gasteiger charge is 2.17. The summed E-state index contributed by atoms with van der Waals surface area (Å²) in [5.41, 5.74) is 12.1. The molecule has 0 saturated carbocycles. The predicted octanol–water partition coefficient (Wildman–Crippen LogP) is 3.34. The van der Waals surface area contributed by atoms with Crippen molar-refractivity contribution in [2.24, 2.45) is 11.5 Å². The van der Waals surface area contributed by atoms with Crippen LogP contribution in [-0.4, -0.2) is 27.6 Å². The molecule has 0 fully saturated rings. The number of carbonyl (C=O) groups excluding carboxylic acids is 3. The molecule has 4 rings (SSSR count). The van der Waals surface area contributed by atoms with Gasteiger partial charge in [-0.2, -0.15) is 5.10 Å². The van der Waals surface area contributed by atoms with E-state index in [1.807, 2.05) is 0 Å². The number of carbonyl (C=O) groups is 3. The second-order valence-corrected chi connectivity index (χ2v) is 7.71. The van der Waals surface area contributed by atoms with E-state index in [0.717, 1.165) is 0 Å². The summed E-state index contributed by atoms with van der Waals surface area (Å²) in [5.74, 6) is -2.70. The monoisotopic (exact) mass is 490 g/mol. The minimum absolute atomic E-state index is 0.0602. The zero-order valence-electron chi connectivity index (χ0n) is 18.7. The number of nitrogens with two attached hydrogens (primary N) is 2. The maximum Gasteiger partial charge on any atom is 0.316 e. The topological polar surface area (TPSA) is 145 Å². The Morgan fingerprint density at radius 2 is 1.58 bits per heavy atom. The van der Waals surface area contributed by atoms with Crippen LogP contribution >= 0.6 is 0 Å². The van der Waals surface area contributed by atoms with E-state index in [9.17, 15) is 23.2 Å². The number of aromatic nitrogens is 2. The van der Waals surface area contributed by atoms with Gasteiger partial charge in [0.15, 0.2) is 5.69 Å². The maximum absolute atomic E-state index is 14.7. The molecule has 1 heterocycles. The molecule has 0 radical (unpaired) electrons. The van der Waals surface area contributed by atoms with E-state index in [2.05, 4.69) is 15.7 Å². The molecule has 0 aliphatic carbocycles. The average molecular weight is 490 g/mol. The third kappa shape index (κ3) is 5.20. The first-order chi connectivity index (χ1) is 17.2. The molecule has 4 aromatic rings. The minimum Gasteiger partial charge on any atom is -0.364 e. The van der Waals surface area contributed by atoms with Crippen LogP contribution < -0.4 is 22.1 Å². The number of primary amides is 2. The van der Waals surface area contributed by atoms with Gasteiger partial charge in [-0.05, 0) is 41.5 Å². The zero-order valence-corrected chi connectivity index (χ0v) is 18.7. The maximum atomic E-state index is 14.7. The van der Waals surface area contributed by atoms with Crippen LogP contribution in [0.15, 0.2) is 72.9 Å². The Kier molecular flexibility index (Phi) is 6.72. The molecule has 3 aromatic carbocycles. The van der Waals surface area contributed by atoms with E-state index in [1.165, 1.54) is 41.2 Å². The second kappa shape index (κ2) is 10.1. The molecule has 1 aromatic heterocycles. The fourth-order valence-corrected chi connectivity index (χ4v) is 3.51. The quantitative estimate of drug-likeness (QED) is 0.315. The van der Waals surface area contributed by atoms with Crippen molar-refractivity contribution in [3.8, 4) is 16.8 Å². The number of nitrogens with zero attached hydrogens (tertiary/aromatic N) is 2. The third-order valence-electron chi connectivity index (χ3n) is 5.28. The van der Waals surface area contributed by atoms with Crippen molar-refractivity contribution < 1.29 is 23.2 Å².